The number of aromatic nitrogens is 2. The molecular formula is C20H18N2O4. The van der Waals surface area contributed by atoms with E-state index >= 15 is 0 Å². The molecule has 0 atom stereocenters. The molecule has 0 aliphatic heterocycles. The molecule has 0 amide bonds. The van der Waals surface area contributed by atoms with Gasteiger partial charge in [0.2, 0.25) is 0 Å². The highest BCUT2D eigenvalue weighted by Gasteiger charge is 2.30. The smallest absolute Gasteiger partial charge is 0.343 e. The SMILES string of the molecule is COC(=O)c1c(C)n(C2CC2)c2ccc(OC(=O)c3ccncc3)cc12. The van der Waals surface area contributed by atoms with Crippen LogP contribution in [0.4, 0.5) is 0 Å². The van der Waals surface area contributed by atoms with Crippen molar-refractivity contribution in [3.63, 3.8) is 0 Å². The van der Waals surface area contributed by atoms with Crippen LogP contribution in [0.1, 0.15) is 45.3 Å². The number of hydrogen-bond acceptors (Lipinski definition) is 5. The van der Waals surface area contributed by atoms with Gasteiger partial charge in [-0.1, -0.05) is 0 Å². The molecule has 132 valence electrons. The lowest BCUT2D eigenvalue weighted by Gasteiger charge is -2.07. The van der Waals surface area contributed by atoms with Gasteiger partial charge in [0.1, 0.15) is 5.75 Å². The Hall–Kier alpha value is -3.15. The molecule has 1 saturated carbocycles. The van der Waals surface area contributed by atoms with Gasteiger partial charge >= 0.3 is 11.9 Å². The van der Waals surface area contributed by atoms with Crippen molar-refractivity contribution < 1.29 is 19.1 Å². The van der Waals surface area contributed by atoms with Crippen molar-refractivity contribution in [3.8, 4) is 5.75 Å². The van der Waals surface area contributed by atoms with E-state index in [9.17, 15) is 9.59 Å². The van der Waals surface area contributed by atoms with E-state index in [1.165, 1.54) is 19.5 Å². The van der Waals surface area contributed by atoms with E-state index in [0.717, 1.165) is 29.4 Å². The molecule has 0 spiro atoms. The van der Waals surface area contributed by atoms with Crippen LogP contribution < -0.4 is 4.74 Å². The minimum absolute atomic E-state index is 0.385. The van der Waals surface area contributed by atoms with E-state index in [1.807, 2.05) is 13.0 Å². The predicted octanol–water partition coefficient (Wildman–Crippen LogP) is 3.69. The molecule has 0 radical (unpaired) electrons. The third-order valence-corrected chi connectivity index (χ3v) is 4.65. The second-order valence-electron chi connectivity index (χ2n) is 6.36. The van der Waals surface area contributed by atoms with Gasteiger partial charge in [-0.3, -0.25) is 4.98 Å². The van der Waals surface area contributed by atoms with Crippen LogP contribution in [0, 0.1) is 6.92 Å². The van der Waals surface area contributed by atoms with Crippen molar-refractivity contribution in [1.29, 1.82) is 0 Å². The average molecular weight is 350 g/mol. The van der Waals surface area contributed by atoms with E-state index in [4.69, 9.17) is 9.47 Å². The quantitative estimate of drug-likeness (QED) is 0.530. The Morgan fingerprint density at radius 1 is 1.12 bits per heavy atom. The summed E-state index contributed by atoms with van der Waals surface area (Å²) in [6.07, 6.45) is 5.27. The number of methoxy groups -OCH3 is 1. The molecule has 0 bridgehead atoms. The summed E-state index contributed by atoms with van der Waals surface area (Å²) in [4.78, 5) is 28.5. The number of benzene rings is 1. The zero-order valence-electron chi connectivity index (χ0n) is 14.6. The molecule has 6 heteroatoms. The average Bonchev–Trinajstić information content (AvgIpc) is 3.45. The van der Waals surface area contributed by atoms with Crippen molar-refractivity contribution in [2.75, 3.05) is 7.11 Å². The van der Waals surface area contributed by atoms with Crippen molar-refractivity contribution in [1.82, 2.24) is 9.55 Å². The highest BCUT2D eigenvalue weighted by molar-refractivity contribution is 6.06. The van der Waals surface area contributed by atoms with Gasteiger partial charge in [0.05, 0.1) is 18.2 Å². The van der Waals surface area contributed by atoms with Crippen molar-refractivity contribution in [3.05, 3.63) is 59.5 Å². The molecule has 6 nitrogen and oxygen atoms in total. The van der Waals surface area contributed by atoms with E-state index in [1.54, 1.807) is 24.3 Å². The Morgan fingerprint density at radius 2 is 1.85 bits per heavy atom. The summed E-state index contributed by atoms with van der Waals surface area (Å²) < 4.78 is 12.6. The number of hydrogen-bond donors (Lipinski definition) is 0. The first-order valence-electron chi connectivity index (χ1n) is 8.45. The summed E-state index contributed by atoms with van der Waals surface area (Å²) in [6, 6.07) is 8.97. The minimum atomic E-state index is -0.468. The van der Waals surface area contributed by atoms with Gasteiger partial charge in [-0.25, -0.2) is 9.59 Å². The maximum atomic E-state index is 12.3. The predicted molar refractivity (Wildman–Crippen MR) is 95.5 cm³/mol. The van der Waals surface area contributed by atoms with Crippen LogP contribution in [0.5, 0.6) is 5.75 Å². The van der Waals surface area contributed by atoms with E-state index in [2.05, 4.69) is 9.55 Å². The van der Waals surface area contributed by atoms with Gasteiger partial charge in [-0.15, -0.1) is 0 Å². The molecule has 3 aromatic rings. The van der Waals surface area contributed by atoms with Gasteiger partial charge in [0.15, 0.2) is 0 Å². The van der Waals surface area contributed by atoms with Gasteiger partial charge in [0.25, 0.3) is 0 Å². The topological polar surface area (TPSA) is 70.4 Å². The normalized spacial score (nSPS) is 13.6. The Balaban J connectivity index is 1.76. The summed E-state index contributed by atoms with van der Waals surface area (Å²) in [5, 5.41) is 0.737. The van der Waals surface area contributed by atoms with Gasteiger partial charge < -0.3 is 14.0 Å². The zero-order chi connectivity index (χ0) is 18.3. The lowest BCUT2D eigenvalue weighted by atomic mass is 10.1. The first-order valence-corrected chi connectivity index (χ1v) is 8.45. The number of nitrogens with zero attached hydrogens (tertiary/aromatic N) is 2. The largest absolute Gasteiger partial charge is 0.465 e. The zero-order valence-corrected chi connectivity index (χ0v) is 14.6. The van der Waals surface area contributed by atoms with Crippen LogP contribution in [0.25, 0.3) is 10.9 Å². The number of carbonyl (C=O) groups is 2. The van der Waals surface area contributed by atoms with Crippen LogP contribution in [-0.4, -0.2) is 28.6 Å². The number of pyridine rings is 1. The fourth-order valence-corrected chi connectivity index (χ4v) is 3.30. The summed E-state index contributed by atoms with van der Waals surface area (Å²) in [5.41, 5.74) is 2.78. The van der Waals surface area contributed by atoms with E-state index in [0.29, 0.717) is 22.9 Å². The number of esters is 2. The van der Waals surface area contributed by atoms with Gasteiger partial charge in [-0.05, 0) is 50.1 Å². The lowest BCUT2D eigenvalue weighted by Crippen LogP contribution is -2.08. The van der Waals surface area contributed by atoms with Crippen LogP contribution in [0.2, 0.25) is 0 Å². The summed E-state index contributed by atoms with van der Waals surface area (Å²) in [6.45, 7) is 1.92. The molecule has 0 N–H and O–H groups in total. The van der Waals surface area contributed by atoms with Gasteiger partial charge in [-0.2, -0.15) is 0 Å². The Kier molecular flexibility index (Phi) is 3.95. The molecule has 26 heavy (non-hydrogen) atoms. The van der Waals surface area contributed by atoms with E-state index < -0.39 is 5.97 Å². The van der Waals surface area contributed by atoms with Crippen molar-refractivity contribution >= 4 is 22.8 Å². The minimum Gasteiger partial charge on any atom is -0.465 e. The van der Waals surface area contributed by atoms with Crippen LogP contribution >= 0.6 is 0 Å². The Morgan fingerprint density at radius 3 is 2.50 bits per heavy atom. The highest BCUT2D eigenvalue weighted by Crippen LogP contribution is 2.42. The molecule has 2 aromatic heterocycles. The van der Waals surface area contributed by atoms with Crippen LogP contribution in [0.15, 0.2) is 42.7 Å². The summed E-state index contributed by atoms with van der Waals surface area (Å²) in [7, 11) is 1.37. The number of carbonyl (C=O) groups excluding carboxylic acids is 2. The molecule has 1 aliphatic carbocycles. The summed E-state index contributed by atoms with van der Waals surface area (Å²) >= 11 is 0. The fraction of sp³-hybridized carbons (Fsp3) is 0.250. The molecule has 1 aliphatic rings. The third-order valence-electron chi connectivity index (χ3n) is 4.65. The third kappa shape index (κ3) is 2.73. The van der Waals surface area contributed by atoms with Crippen LogP contribution in [0.3, 0.4) is 0 Å². The first-order chi connectivity index (χ1) is 12.6. The first kappa shape index (κ1) is 16.3. The molecule has 0 saturated heterocycles. The summed E-state index contributed by atoms with van der Waals surface area (Å²) in [5.74, 6) is -0.466. The maximum absolute atomic E-state index is 12.3. The second-order valence-corrected chi connectivity index (χ2v) is 6.36. The Labute approximate surface area is 150 Å². The Bertz CT molecular complexity index is 1000. The standard InChI is InChI=1S/C20H18N2O4/c1-12-18(20(24)25-2)16-11-15(5-6-17(16)22(12)14-3-4-14)26-19(23)13-7-9-21-10-8-13/h5-11,14H,3-4H2,1-2H3. The number of ether oxygens (including phenoxy) is 2. The second kappa shape index (κ2) is 6.29. The fourth-order valence-electron chi connectivity index (χ4n) is 3.30. The molecule has 1 fully saturated rings. The molecule has 4 rings (SSSR count). The number of fused-ring (bicyclic) bond motifs is 1. The molecule has 1 aromatic carbocycles. The van der Waals surface area contributed by atoms with Gasteiger partial charge in [0, 0.05) is 35.0 Å². The molecule has 2 heterocycles. The molecule has 0 unspecified atom stereocenters. The number of rotatable bonds is 4. The monoisotopic (exact) mass is 350 g/mol. The maximum Gasteiger partial charge on any atom is 0.343 e. The highest BCUT2D eigenvalue weighted by atomic mass is 16.5. The van der Waals surface area contributed by atoms with Crippen molar-refractivity contribution in [2.45, 2.75) is 25.8 Å². The van der Waals surface area contributed by atoms with E-state index in [-0.39, 0.29) is 5.97 Å². The van der Waals surface area contributed by atoms with Crippen LogP contribution in [-0.2, 0) is 4.74 Å². The molecular weight excluding hydrogens is 332 g/mol. The van der Waals surface area contributed by atoms with Crippen molar-refractivity contribution in [2.24, 2.45) is 0 Å². The lowest BCUT2D eigenvalue weighted by molar-refractivity contribution is 0.0601.